The molecule has 0 bridgehead atoms. The molecule has 0 atom stereocenters. The van der Waals surface area contributed by atoms with Gasteiger partial charge in [-0.1, -0.05) is 17.7 Å². The van der Waals surface area contributed by atoms with Crippen LogP contribution >= 0.6 is 11.6 Å². The molecule has 1 aliphatic heterocycles. The van der Waals surface area contributed by atoms with Crippen molar-refractivity contribution in [3.8, 4) is 22.6 Å². The minimum atomic E-state index is -2.73. The van der Waals surface area contributed by atoms with Crippen molar-refractivity contribution in [1.29, 1.82) is 0 Å². The van der Waals surface area contributed by atoms with Crippen molar-refractivity contribution in [3.63, 3.8) is 0 Å². The third-order valence-electron chi connectivity index (χ3n) is 4.50. The first-order valence-corrected chi connectivity index (χ1v) is 7.56. The molecule has 0 unspecified atom stereocenters. The zero-order chi connectivity index (χ0) is 16.4. The number of halogens is 3. The average molecular weight is 338 g/mol. The number of benzene rings is 2. The van der Waals surface area contributed by atoms with Crippen LogP contribution in [0.1, 0.15) is 18.4 Å². The van der Waals surface area contributed by atoms with Gasteiger partial charge in [0.25, 0.3) is 5.92 Å². The summed E-state index contributed by atoms with van der Waals surface area (Å²) in [6, 6.07) is 8.71. The summed E-state index contributed by atoms with van der Waals surface area (Å²) in [6.45, 7) is 0. The number of fused-ring (bicyclic) bond motifs is 4. The Morgan fingerprint density at radius 3 is 2.57 bits per heavy atom. The molecule has 0 aromatic heterocycles. The molecule has 6 heteroatoms. The zero-order valence-electron chi connectivity index (χ0n) is 12.3. The first kappa shape index (κ1) is 14.6. The van der Waals surface area contributed by atoms with Gasteiger partial charge in [0.15, 0.2) is 0 Å². The highest BCUT2D eigenvalue weighted by Crippen LogP contribution is 2.60. The summed E-state index contributed by atoms with van der Waals surface area (Å²) >= 11 is 6.11. The van der Waals surface area contributed by atoms with E-state index in [-0.39, 0.29) is 12.8 Å². The van der Waals surface area contributed by atoms with Gasteiger partial charge in [0.2, 0.25) is 0 Å². The summed E-state index contributed by atoms with van der Waals surface area (Å²) in [4.78, 5) is 0. The minimum Gasteiger partial charge on any atom is -0.497 e. The van der Waals surface area contributed by atoms with Gasteiger partial charge in [-0.25, -0.2) is 8.78 Å². The van der Waals surface area contributed by atoms with Gasteiger partial charge in [-0.3, -0.25) is 0 Å². The number of methoxy groups -OCH3 is 1. The maximum atomic E-state index is 13.6. The molecule has 2 N–H and O–H groups in total. The fourth-order valence-corrected chi connectivity index (χ4v) is 3.60. The van der Waals surface area contributed by atoms with E-state index >= 15 is 0 Å². The number of rotatable bonds is 1. The Balaban J connectivity index is 1.94. The first-order valence-electron chi connectivity index (χ1n) is 7.18. The van der Waals surface area contributed by atoms with Crippen LogP contribution in [-0.2, 0) is 5.60 Å². The highest BCUT2D eigenvalue weighted by Gasteiger charge is 2.61. The molecule has 1 fully saturated rings. The molecular weight excluding hydrogens is 324 g/mol. The van der Waals surface area contributed by atoms with E-state index in [9.17, 15) is 8.78 Å². The summed E-state index contributed by atoms with van der Waals surface area (Å²) in [5, 5.41) is 0.406. The molecule has 3 nitrogen and oxygen atoms in total. The lowest BCUT2D eigenvalue weighted by Crippen LogP contribution is -2.54. The Morgan fingerprint density at radius 2 is 1.91 bits per heavy atom. The summed E-state index contributed by atoms with van der Waals surface area (Å²) < 4.78 is 38.4. The van der Waals surface area contributed by atoms with Gasteiger partial charge in [-0.05, 0) is 23.8 Å². The molecule has 0 amide bonds. The fraction of sp³-hybridized carbons (Fsp3) is 0.294. The van der Waals surface area contributed by atoms with Crippen molar-refractivity contribution >= 4 is 17.3 Å². The van der Waals surface area contributed by atoms with Crippen LogP contribution in [0.4, 0.5) is 14.5 Å². The van der Waals surface area contributed by atoms with E-state index in [2.05, 4.69) is 0 Å². The summed E-state index contributed by atoms with van der Waals surface area (Å²) in [7, 11) is 1.54. The van der Waals surface area contributed by atoms with Crippen molar-refractivity contribution in [2.24, 2.45) is 0 Å². The third kappa shape index (κ3) is 2.06. The maximum absolute atomic E-state index is 13.6. The monoisotopic (exact) mass is 337 g/mol. The third-order valence-corrected chi connectivity index (χ3v) is 4.83. The Morgan fingerprint density at radius 1 is 1.17 bits per heavy atom. The van der Waals surface area contributed by atoms with Gasteiger partial charge in [-0.2, -0.15) is 0 Å². The molecule has 120 valence electrons. The number of nitrogens with two attached hydrogens (primary N) is 1. The number of ether oxygens (including phenoxy) is 2. The van der Waals surface area contributed by atoms with Crippen molar-refractivity contribution in [2.75, 3.05) is 12.8 Å². The van der Waals surface area contributed by atoms with Crippen molar-refractivity contribution in [1.82, 2.24) is 0 Å². The van der Waals surface area contributed by atoms with Gasteiger partial charge < -0.3 is 15.2 Å². The van der Waals surface area contributed by atoms with Gasteiger partial charge in [0, 0.05) is 17.2 Å². The molecule has 2 aromatic carbocycles. The van der Waals surface area contributed by atoms with Crippen molar-refractivity contribution < 1.29 is 18.3 Å². The normalized spacial score (nSPS) is 19.3. The van der Waals surface area contributed by atoms with E-state index in [1.807, 2.05) is 6.07 Å². The quantitative estimate of drug-likeness (QED) is 0.772. The summed E-state index contributed by atoms with van der Waals surface area (Å²) in [6.07, 6.45) is -0.718. The Kier molecular flexibility index (Phi) is 2.86. The van der Waals surface area contributed by atoms with E-state index < -0.39 is 11.5 Å². The Labute approximate surface area is 137 Å². The molecular formula is C17H14ClF2NO2. The van der Waals surface area contributed by atoms with E-state index in [1.165, 1.54) is 0 Å². The second-order valence-corrected chi connectivity index (χ2v) is 6.49. The van der Waals surface area contributed by atoms with Crippen LogP contribution in [0.5, 0.6) is 11.5 Å². The minimum absolute atomic E-state index is 0.359. The maximum Gasteiger partial charge on any atom is 0.256 e. The second-order valence-electron chi connectivity index (χ2n) is 6.09. The predicted octanol–water partition coefficient (Wildman–Crippen LogP) is 4.61. The Hall–Kier alpha value is -2.01. The Bertz CT molecular complexity index is 814. The molecule has 1 saturated carbocycles. The highest BCUT2D eigenvalue weighted by molar-refractivity contribution is 6.33. The lowest BCUT2D eigenvalue weighted by molar-refractivity contribution is -0.198. The van der Waals surface area contributed by atoms with E-state index in [4.69, 9.17) is 26.8 Å². The van der Waals surface area contributed by atoms with Gasteiger partial charge in [0.05, 0.1) is 30.7 Å². The number of hydrogen-bond donors (Lipinski definition) is 1. The molecule has 2 aliphatic rings. The van der Waals surface area contributed by atoms with Gasteiger partial charge in [0.1, 0.15) is 17.1 Å². The standard InChI is InChI=1S/C17H14ClF2NO2/c1-22-9-2-3-10-11-5-13(18)14(21)6-15(11)23-16(12(10)4-9)7-17(19,20)8-16/h2-6H,7-8,21H2,1H3. The fourth-order valence-electron chi connectivity index (χ4n) is 3.44. The zero-order valence-corrected chi connectivity index (χ0v) is 13.1. The van der Waals surface area contributed by atoms with E-state index in [0.717, 1.165) is 11.1 Å². The molecule has 1 heterocycles. The van der Waals surface area contributed by atoms with Crippen LogP contribution in [-0.4, -0.2) is 13.0 Å². The predicted molar refractivity (Wildman–Crippen MR) is 84.3 cm³/mol. The van der Waals surface area contributed by atoms with E-state index in [0.29, 0.717) is 27.8 Å². The largest absolute Gasteiger partial charge is 0.497 e. The van der Waals surface area contributed by atoms with Crippen LogP contribution in [0.3, 0.4) is 0 Å². The second kappa shape index (κ2) is 4.51. The van der Waals surface area contributed by atoms with Crippen LogP contribution < -0.4 is 15.2 Å². The SMILES string of the molecule is COc1ccc2c(c1)C1(CC(F)(F)C1)Oc1cc(N)c(Cl)cc1-2. The van der Waals surface area contributed by atoms with Crippen LogP contribution in [0.15, 0.2) is 30.3 Å². The number of hydrogen-bond acceptors (Lipinski definition) is 3. The van der Waals surface area contributed by atoms with Crippen LogP contribution in [0, 0.1) is 0 Å². The summed E-state index contributed by atoms with van der Waals surface area (Å²) in [5.74, 6) is -1.64. The smallest absolute Gasteiger partial charge is 0.256 e. The topological polar surface area (TPSA) is 44.5 Å². The number of anilines is 1. The molecule has 0 radical (unpaired) electrons. The summed E-state index contributed by atoms with van der Waals surface area (Å²) in [5.41, 5.74) is 7.43. The van der Waals surface area contributed by atoms with Crippen molar-refractivity contribution in [3.05, 3.63) is 40.9 Å². The molecule has 0 saturated heterocycles. The van der Waals surface area contributed by atoms with Gasteiger partial charge in [-0.15, -0.1) is 0 Å². The van der Waals surface area contributed by atoms with E-state index in [1.54, 1.807) is 31.4 Å². The molecule has 1 aliphatic carbocycles. The number of nitrogen functional groups attached to an aromatic ring is 1. The number of alkyl halides is 2. The average Bonchev–Trinajstić information content (AvgIpc) is 2.47. The van der Waals surface area contributed by atoms with Crippen LogP contribution in [0.2, 0.25) is 5.02 Å². The molecule has 1 spiro atoms. The van der Waals surface area contributed by atoms with Gasteiger partial charge >= 0.3 is 0 Å². The lowest BCUT2D eigenvalue weighted by Gasteiger charge is -2.50. The van der Waals surface area contributed by atoms with Crippen molar-refractivity contribution in [2.45, 2.75) is 24.4 Å². The highest BCUT2D eigenvalue weighted by atomic mass is 35.5. The van der Waals surface area contributed by atoms with Crippen LogP contribution in [0.25, 0.3) is 11.1 Å². The lowest BCUT2D eigenvalue weighted by atomic mass is 9.68. The molecule has 4 rings (SSSR count). The molecule has 2 aromatic rings. The first-order chi connectivity index (χ1) is 10.8. The molecule has 23 heavy (non-hydrogen) atoms.